The lowest BCUT2D eigenvalue weighted by atomic mass is 9.99. The van der Waals surface area contributed by atoms with Crippen LogP contribution >= 0.6 is 0 Å². The standard InChI is InChI=1S/C20H27N5O/c26-20(22-15-7-1-2-8-15)18-13-17(23-24-18)19-10-4-6-12-25(19)14-16-9-3-5-11-21-16/h3,5,9,11,13,15,19H,1-2,4,6-8,10,12,14H2,(H,22,26)(H,23,24). The van der Waals surface area contributed by atoms with Crippen molar-refractivity contribution in [3.63, 3.8) is 0 Å². The van der Waals surface area contributed by atoms with Crippen molar-refractivity contribution in [2.75, 3.05) is 6.54 Å². The second-order valence-electron chi connectivity index (χ2n) is 7.47. The van der Waals surface area contributed by atoms with Crippen molar-refractivity contribution in [1.82, 2.24) is 25.4 Å². The molecule has 6 nitrogen and oxygen atoms in total. The maximum absolute atomic E-state index is 12.5. The summed E-state index contributed by atoms with van der Waals surface area (Å²) < 4.78 is 0. The van der Waals surface area contributed by atoms with E-state index >= 15 is 0 Å². The highest BCUT2D eigenvalue weighted by molar-refractivity contribution is 5.92. The number of aromatic nitrogens is 3. The van der Waals surface area contributed by atoms with E-state index in [0.717, 1.165) is 43.7 Å². The van der Waals surface area contributed by atoms with Gasteiger partial charge in [0, 0.05) is 18.8 Å². The van der Waals surface area contributed by atoms with Crippen molar-refractivity contribution < 1.29 is 4.79 Å². The summed E-state index contributed by atoms with van der Waals surface area (Å²) in [5.74, 6) is -0.0496. The van der Waals surface area contributed by atoms with E-state index in [9.17, 15) is 4.79 Å². The SMILES string of the molecule is O=C(NC1CCCC1)c1cc(C2CCCCN2Cc2ccccn2)[nH]n1. The molecule has 3 heterocycles. The topological polar surface area (TPSA) is 73.9 Å². The Morgan fingerprint density at radius 1 is 1.19 bits per heavy atom. The molecular weight excluding hydrogens is 326 g/mol. The van der Waals surface area contributed by atoms with Crippen molar-refractivity contribution in [3.8, 4) is 0 Å². The number of nitrogens with zero attached hydrogens (tertiary/aromatic N) is 3. The smallest absolute Gasteiger partial charge is 0.271 e. The zero-order chi connectivity index (χ0) is 17.8. The van der Waals surface area contributed by atoms with E-state index in [4.69, 9.17) is 0 Å². The molecule has 0 spiro atoms. The van der Waals surface area contributed by atoms with Crippen molar-refractivity contribution >= 4 is 5.91 Å². The minimum absolute atomic E-state index is 0.0496. The van der Waals surface area contributed by atoms with E-state index in [0.29, 0.717) is 11.7 Å². The Labute approximate surface area is 154 Å². The molecule has 2 aromatic rings. The molecule has 2 fully saturated rings. The van der Waals surface area contributed by atoms with Gasteiger partial charge < -0.3 is 5.32 Å². The van der Waals surface area contributed by atoms with Crippen LogP contribution in [0.25, 0.3) is 0 Å². The van der Waals surface area contributed by atoms with Crippen LogP contribution in [-0.4, -0.2) is 38.6 Å². The average Bonchev–Trinajstić information content (AvgIpc) is 3.35. The second-order valence-corrected chi connectivity index (χ2v) is 7.47. The van der Waals surface area contributed by atoms with Gasteiger partial charge in [0.2, 0.25) is 0 Å². The zero-order valence-electron chi connectivity index (χ0n) is 15.2. The molecule has 0 bridgehead atoms. The van der Waals surface area contributed by atoms with Crippen molar-refractivity contribution in [3.05, 3.63) is 47.5 Å². The molecule has 1 amide bonds. The summed E-state index contributed by atoms with van der Waals surface area (Å²) in [6.45, 7) is 1.87. The number of carbonyl (C=O) groups excluding carboxylic acids is 1. The highest BCUT2D eigenvalue weighted by atomic mass is 16.2. The minimum atomic E-state index is -0.0496. The molecule has 2 aromatic heterocycles. The maximum atomic E-state index is 12.5. The number of nitrogens with one attached hydrogen (secondary N) is 2. The van der Waals surface area contributed by atoms with Gasteiger partial charge in [-0.15, -0.1) is 0 Å². The normalized spacial score (nSPS) is 21.8. The lowest BCUT2D eigenvalue weighted by Gasteiger charge is -2.34. The summed E-state index contributed by atoms with van der Waals surface area (Å²) >= 11 is 0. The molecule has 2 N–H and O–H groups in total. The molecule has 26 heavy (non-hydrogen) atoms. The Morgan fingerprint density at radius 2 is 2.04 bits per heavy atom. The van der Waals surface area contributed by atoms with E-state index in [1.807, 2.05) is 24.4 Å². The first-order valence-corrected chi connectivity index (χ1v) is 9.80. The van der Waals surface area contributed by atoms with Crippen LogP contribution in [0.4, 0.5) is 0 Å². The van der Waals surface area contributed by atoms with Crippen LogP contribution in [0.5, 0.6) is 0 Å². The molecule has 138 valence electrons. The van der Waals surface area contributed by atoms with Crippen LogP contribution in [0.1, 0.15) is 72.9 Å². The van der Waals surface area contributed by atoms with Crippen molar-refractivity contribution in [1.29, 1.82) is 0 Å². The third kappa shape index (κ3) is 3.96. The first-order chi connectivity index (χ1) is 12.8. The van der Waals surface area contributed by atoms with Gasteiger partial charge in [-0.3, -0.25) is 19.8 Å². The maximum Gasteiger partial charge on any atom is 0.271 e. The van der Waals surface area contributed by atoms with E-state index in [1.54, 1.807) is 0 Å². The van der Waals surface area contributed by atoms with Crippen LogP contribution in [0.2, 0.25) is 0 Å². The van der Waals surface area contributed by atoms with Crippen LogP contribution in [0, 0.1) is 0 Å². The largest absolute Gasteiger partial charge is 0.348 e. The molecule has 1 atom stereocenters. The number of piperidine rings is 1. The van der Waals surface area contributed by atoms with Crippen molar-refractivity contribution in [2.45, 2.75) is 63.6 Å². The van der Waals surface area contributed by atoms with E-state index in [1.165, 1.54) is 25.7 Å². The molecule has 6 heteroatoms. The lowest BCUT2D eigenvalue weighted by Crippen LogP contribution is -2.33. The number of pyridine rings is 1. The fourth-order valence-electron chi connectivity index (χ4n) is 4.19. The number of H-pyrrole nitrogens is 1. The zero-order valence-corrected chi connectivity index (χ0v) is 15.2. The Balaban J connectivity index is 1.44. The average molecular weight is 353 g/mol. The van der Waals surface area contributed by atoms with E-state index in [2.05, 4.69) is 31.5 Å². The fourth-order valence-corrected chi connectivity index (χ4v) is 4.19. The Kier molecular flexibility index (Phi) is 5.29. The third-order valence-electron chi connectivity index (χ3n) is 5.58. The second kappa shape index (κ2) is 7.99. The molecule has 1 unspecified atom stereocenters. The first kappa shape index (κ1) is 17.2. The summed E-state index contributed by atoms with van der Waals surface area (Å²) in [6.07, 6.45) is 9.92. The molecule has 1 saturated carbocycles. The van der Waals surface area contributed by atoms with Crippen LogP contribution < -0.4 is 5.32 Å². The summed E-state index contributed by atoms with van der Waals surface area (Å²) in [4.78, 5) is 19.4. The molecular formula is C20H27N5O. The summed E-state index contributed by atoms with van der Waals surface area (Å²) in [6, 6.07) is 8.57. The monoisotopic (exact) mass is 353 g/mol. The molecule has 1 aliphatic carbocycles. The van der Waals surface area contributed by atoms with Gasteiger partial charge in [0.05, 0.1) is 17.4 Å². The predicted molar refractivity (Wildman–Crippen MR) is 99.5 cm³/mol. The molecule has 0 aromatic carbocycles. The van der Waals surface area contributed by atoms with Gasteiger partial charge in [0.25, 0.3) is 5.91 Å². The van der Waals surface area contributed by atoms with Gasteiger partial charge in [-0.05, 0) is 50.4 Å². The van der Waals surface area contributed by atoms with Gasteiger partial charge in [-0.25, -0.2) is 0 Å². The molecule has 1 aliphatic heterocycles. The Bertz CT molecular complexity index is 723. The number of hydrogen-bond acceptors (Lipinski definition) is 4. The number of hydrogen-bond donors (Lipinski definition) is 2. The molecule has 0 radical (unpaired) electrons. The first-order valence-electron chi connectivity index (χ1n) is 9.80. The quantitative estimate of drug-likeness (QED) is 0.866. The Hall–Kier alpha value is -2.21. The summed E-state index contributed by atoms with van der Waals surface area (Å²) in [7, 11) is 0. The number of aromatic amines is 1. The fraction of sp³-hybridized carbons (Fsp3) is 0.550. The lowest BCUT2D eigenvalue weighted by molar-refractivity contribution is 0.0932. The number of rotatable bonds is 5. The number of amides is 1. The van der Waals surface area contributed by atoms with Gasteiger partial charge >= 0.3 is 0 Å². The minimum Gasteiger partial charge on any atom is -0.348 e. The highest BCUT2D eigenvalue weighted by Crippen LogP contribution is 2.31. The van der Waals surface area contributed by atoms with E-state index < -0.39 is 0 Å². The number of likely N-dealkylation sites (tertiary alicyclic amines) is 1. The molecule has 2 aliphatic rings. The predicted octanol–water partition coefficient (Wildman–Crippen LogP) is 3.20. The molecule has 4 rings (SSSR count). The Morgan fingerprint density at radius 3 is 2.85 bits per heavy atom. The highest BCUT2D eigenvalue weighted by Gasteiger charge is 2.27. The van der Waals surface area contributed by atoms with Gasteiger partial charge in [0.1, 0.15) is 5.69 Å². The van der Waals surface area contributed by atoms with Gasteiger partial charge in [-0.1, -0.05) is 25.3 Å². The van der Waals surface area contributed by atoms with Gasteiger partial charge in [-0.2, -0.15) is 5.10 Å². The summed E-state index contributed by atoms with van der Waals surface area (Å²) in [5, 5.41) is 10.5. The number of carbonyl (C=O) groups is 1. The van der Waals surface area contributed by atoms with Gasteiger partial charge in [0.15, 0.2) is 0 Å². The van der Waals surface area contributed by atoms with Crippen LogP contribution in [-0.2, 0) is 6.54 Å². The van der Waals surface area contributed by atoms with Crippen LogP contribution in [0.3, 0.4) is 0 Å². The summed E-state index contributed by atoms with van der Waals surface area (Å²) in [5.41, 5.74) is 2.63. The van der Waals surface area contributed by atoms with Crippen molar-refractivity contribution in [2.24, 2.45) is 0 Å². The molecule has 1 saturated heterocycles. The van der Waals surface area contributed by atoms with E-state index in [-0.39, 0.29) is 11.9 Å². The third-order valence-corrected chi connectivity index (χ3v) is 5.58. The van der Waals surface area contributed by atoms with Crippen LogP contribution in [0.15, 0.2) is 30.5 Å².